The van der Waals surface area contributed by atoms with Gasteiger partial charge in [-0.15, -0.1) is 0 Å². The predicted octanol–water partition coefficient (Wildman–Crippen LogP) is 3.08. The maximum atomic E-state index is 12.3. The van der Waals surface area contributed by atoms with Crippen molar-refractivity contribution in [3.05, 3.63) is 28.7 Å². The molecule has 1 atom stereocenters. The standard InChI is InChI=1S/C15H19BrN2O2/c1-3-10(2)17-13(19)15(8-9-15)14(20)18-12-6-4-11(16)5-7-12/h4-7,10H,3,8-9H2,1-2H3,(H,17,19)(H,18,20). The van der Waals surface area contributed by atoms with E-state index in [0.29, 0.717) is 18.5 Å². The number of nitrogens with one attached hydrogen (secondary N) is 2. The number of benzene rings is 1. The van der Waals surface area contributed by atoms with E-state index >= 15 is 0 Å². The van der Waals surface area contributed by atoms with Crippen LogP contribution in [0.25, 0.3) is 0 Å². The summed E-state index contributed by atoms with van der Waals surface area (Å²) < 4.78 is 0.950. The van der Waals surface area contributed by atoms with Gasteiger partial charge in [-0.3, -0.25) is 9.59 Å². The zero-order valence-electron chi connectivity index (χ0n) is 11.7. The summed E-state index contributed by atoms with van der Waals surface area (Å²) in [5, 5.41) is 5.72. The second-order valence-corrected chi connectivity index (χ2v) is 6.24. The van der Waals surface area contributed by atoms with Crippen LogP contribution in [0, 0.1) is 5.41 Å². The predicted molar refractivity (Wildman–Crippen MR) is 82.3 cm³/mol. The number of rotatable bonds is 5. The number of carbonyl (C=O) groups is 2. The summed E-state index contributed by atoms with van der Waals surface area (Å²) in [5.74, 6) is -0.359. The van der Waals surface area contributed by atoms with Crippen molar-refractivity contribution in [3.8, 4) is 0 Å². The number of hydrogen-bond acceptors (Lipinski definition) is 2. The molecule has 2 N–H and O–H groups in total. The highest BCUT2D eigenvalue weighted by molar-refractivity contribution is 9.10. The monoisotopic (exact) mass is 338 g/mol. The smallest absolute Gasteiger partial charge is 0.240 e. The first-order chi connectivity index (χ1) is 9.48. The molecule has 1 aromatic rings. The van der Waals surface area contributed by atoms with E-state index in [1.165, 1.54) is 0 Å². The van der Waals surface area contributed by atoms with Crippen molar-refractivity contribution in [2.45, 2.75) is 39.2 Å². The van der Waals surface area contributed by atoms with Gasteiger partial charge >= 0.3 is 0 Å². The second-order valence-electron chi connectivity index (χ2n) is 5.33. The molecule has 1 aliphatic rings. The molecule has 2 amide bonds. The molecule has 20 heavy (non-hydrogen) atoms. The Kier molecular flexibility index (Phi) is 4.48. The first-order valence-corrected chi connectivity index (χ1v) is 7.65. The molecule has 0 aliphatic heterocycles. The summed E-state index contributed by atoms with van der Waals surface area (Å²) >= 11 is 3.34. The van der Waals surface area contributed by atoms with Gasteiger partial charge in [0.1, 0.15) is 5.41 Å². The van der Waals surface area contributed by atoms with Crippen LogP contribution in [0.2, 0.25) is 0 Å². The van der Waals surface area contributed by atoms with Gasteiger partial charge in [-0.1, -0.05) is 22.9 Å². The second kappa shape index (κ2) is 5.95. The Morgan fingerprint density at radius 1 is 1.25 bits per heavy atom. The van der Waals surface area contributed by atoms with Crippen LogP contribution in [0.3, 0.4) is 0 Å². The molecule has 1 unspecified atom stereocenters. The molecule has 0 spiro atoms. The zero-order valence-corrected chi connectivity index (χ0v) is 13.3. The maximum absolute atomic E-state index is 12.3. The quantitative estimate of drug-likeness (QED) is 0.810. The van der Waals surface area contributed by atoms with E-state index < -0.39 is 5.41 Å². The molecule has 1 aliphatic carbocycles. The molecule has 0 radical (unpaired) electrons. The highest BCUT2D eigenvalue weighted by Crippen LogP contribution is 2.47. The van der Waals surface area contributed by atoms with Crippen molar-refractivity contribution in [1.29, 1.82) is 0 Å². The summed E-state index contributed by atoms with van der Waals surface area (Å²) in [4.78, 5) is 24.5. The summed E-state index contributed by atoms with van der Waals surface area (Å²) in [6, 6.07) is 7.43. The van der Waals surface area contributed by atoms with Crippen LogP contribution in [-0.4, -0.2) is 17.9 Å². The van der Waals surface area contributed by atoms with Crippen molar-refractivity contribution < 1.29 is 9.59 Å². The van der Waals surface area contributed by atoms with Crippen molar-refractivity contribution in [1.82, 2.24) is 5.32 Å². The molecule has 4 nitrogen and oxygen atoms in total. The van der Waals surface area contributed by atoms with Gasteiger partial charge in [-0.05, 0) is 50.5 Å². The minimum Gasteiger partial charge on any atom is -0.353 e. The van der Waals surface area contributed by atoms with Crippen molar-refractivity contribution >= 4 is 33.4 Å². The van der Waals surface area contributed by atoms with Crippen LogP contribution in [0.5, 0.6) is 0 Å². The fourth-order valence-corrected chi connectivity index (χ4v) is 2.19. The third-order valence-corrected chi connectivity index (χ3v) is 4.24. The first-order valence-electron chi connectivity index (χ1n) is 6.86. The summed E-state index contributed by atoms with van der Waals surface area (Å²) in [5.41, 5.74) is -0.155. The van der Waals surface area contributed by atoms with Crippen LogP contribution in [-0.2, 0) is 9.59 Å². The molecule has 0 heterocycles. The fraction of sp³-hybridized carbons (Fsp3) is 0.467. The molecule has 108 valence electrons. The largest absolute Gasteiger partial charge is 0.353 e. The van der Waals surface area contributed by atoms with Gasteiger partial charge in [-0.2, -0.15) is 0 Å². The van der Waals surface area contributed by atoms with E-state index in [-0.39, 0.29) is 17.9 Å². The van der Waals surface area contributed by atoms with Crippen LogP contribution >= 0.6 is 15.9 Å². The van der Waals surface area contributed by atoms with E-state index in [1.807, 2.05) is 38.1 Å². The maximum Gasteiger partial charge on any atom is 0.240 e. The number of amides is 2. The first kappa shape index (κ1) is 15.0. The Bertz CT molecular complexity index is 509. The van der Waals surface area contributed by atoms with Crippen LogP contribution in [0.15, 0.2) is 28.7 Å². The minimum atomic E-state index is -0.865. The van der Waals surface area contributed by atoms with E-state index in [0.717, 1.165) is 10.9 Å². The molecule has 0 aromatic heterocycles. The van der Waals surface area contributed by atoms with Crippen molar-refractivity contribution in [2.24, 2.45) is 5.41 Å². The molecular weight excluding hydrogens is 320 g/mol. The summed E-state index contributed by atoms with van der Waals surface area (Å²) in [6.07, 6.45) is 2.10. The average Bonchev–Trinajstić information content (AvgIpc) is 3.22. The third kappa shape index (κ3) is 3.20. The highest BCUT2D eigenvalue weighted by Gasteiger charge is 2.56. The third-order valence-electron chi connectivity index (χ3n) is 3.71. The molecule has 2 rings (SSSR count). The Labute approximate surface area is 127 Å². The molecule has 1 aromatic carbocycles. The Morgan fingerprint density at radius 3 is 2.35 bits per heavy atom. The lowest BCUT2D eigenvalue weighted by Crippen LogP contribution is -2.43. The number of halogens is 1. The lowest BCUT2D eigenvalue weighted by Gasteiger charge is -2.18. The number of carbonyl (C=O) groups excluding carboxylic acids is 2. The lowest BCUT2D eigenvalue weighted by molar-refractivity contribution is -0.134. The molecule has 5 heteroatoms. The Balaban J connectivity index is 2.01. The fourth-order valence-electron chi connectivity index (χ4n) is 1.93. The summed E-state index contributed by atoms with van der Waals surface area (Å²) in [6.45, 7) is 3.95. The van der Waals surface area contributed by atoms with Gasteiger partial charge in [0.25, 0.3) is 0 Å². The van der Waals surface area contributed by atoms with Crippen LogP contribution in [0.4, 0.5) is 5.69 Å². The van der Waals surface area contributed by atoms with Gasteiger partial charge in [0.2, 0.25) is 11.8 Å². The van der Waals surface area contributed by atoms with E-state index in [4.69, 9.17) is 0 Å². The molecular formula is C15H19BrN2O2. The van der Waals surface area contributed by atoms with Gasteiger partial charge in [0, 0.05) is 16.2 Å². The van der Waals surface area contributed by atoms with Gasteiger partial charge < -0.3 is 10.6 Å². The van der Waals surface area contributed by atoms with Crippen LogP contribution in [0.1, 0.15) is 33.1 Å². The Morgan fingerprint density at radius 2 is 1.85 bits per heavy atom. The number of hydrogen-bond donors (Lipinski definition) is 2. The molecule has 0 bridgehead atoms. The van der Waals surface area contributed by atoms with E-state index in [9.17, 15) is 9.59 Å². The Hall–Kier alpha value is -1.36. The SMILES string of the molecule is CCC(C)NC(=O)C1(C(=O)Nc2ccc(Br)cc2)CC1. The van der Waals surface area contributed by atoms with Crippen LogP contribution < -0.4 is 10.6 Å². The molecule has 1 saturated carbocycles. The molecule has 0 saturated heterocycles. The number of anilines is 1. The summed E-state index contributed by atoms with van der Waals surface area (Å²) in [7, 11) is 0. The highest BCUT2D eigenvalue weighted by atomic mass is 79.9. The lowest BCUT2D eigenvalue weighted by atomic mass is 10.0. The van der Waals surface area contributed by atoms with Gasteiger partial charge in [0.05, 0.1) is 0 Å². The van der Waals surface area contributed by atoms with Crippen molar-refractivity contribution in [2.75, 3.05) is 5.32 Å². The van der Waals surface area contributed by atoms with E-state index in [2.05, 4.69) is 26.6 Å². The van der Waals surface area contributed by atoms with Crippen molar-refractivity contribution in [3.63, 3.8) is 0 Å². The van der Waals surface area contributed by atoms with Gasteiger partial charge in [0.15, 0.2) is 0 Å². The average molecular weight is 339 g/mol. The van der Waals surface area contributed by atoms with Gasteiger partial charge in [-0.25, -0.2) is 0 Å². The van der Waals surface area contributed by atoms with E-state index in [1.54, 1.807) is 0 Å². The topological polar surface area (TPSA) is 58.2 Å². The normalized spacial score (nSPS) is 17.1. The molecule has 1 fully saturated rings. The zero-order chi connectivity index (χ0) is 14.8. The minimum absolute atomic E-state index is 0.0976.